The van der Waals surface area contributed by atoms with Gasteiger partial charge in [-0.3, -0.25) is 0 Å². The predicted molar refractivity (Wildman–Crippen MR) is 110 cm³/mol. The van der Waals surface area contributed by atoms with Crippen LogP contribution in [0.25, 0.3) is 0 Å². The van der Waals surface area contributed by atoms with Crippen LogP contribution in [0.2, 0.25) is 0 Å². The van der Waals surface area contributed by atoms with E-state index in [2.05, 4.69) is 13.5 Å². The average Bonchev–Trinajstić information content (AvgIpc) is 2.72. The highest BCUT2D eigenvalue weighted by Crippen LogP contribution is 2.45. The van der Waals surface area contributed by atoms with Gasteiger partial charge in [-0.25, -0.2) is 0 Å². The van der Waals surface area contributed by atoms with Crippen LogP contribution in [0.4, 0.5) is 13.2 Å². The van der Waals surface area contributed by atoms with Crippen molar-refractivity contribution in [3.05, 3.63) is 47.5 Å². The van der Waals surface area contributed by atoms with E-state index < -0.39 is 11.7 Å². The van der Waals surface area contributed by atoms with Crippen molar-refractivity contribution in [3.8, 4) is 0 Å². The summed E-state index contributed by atoms with van der Waals surface area (Å²) in [5.74, 6) is 3.04. The van der Waals surface area contributed by atoms with Crippen molar-refractivity contribution >= 4 is 0 Å². The average molecular weight is 393 g/mol. The first-order valence-electron chi connectivity index (χ1n) is 11.2. The second-order valence-corrected chi connectivity index (χ2v) is 9.15. The summed E-state index contributed by atoms with van der Waals surface area (Å²) in [5, 5.41) is 0. The van der Waals surface area contributed by atoms with Gasteiger partial charge >= 0.3 is 6.18 Å². The standard InChI is InChI=1S/C25H35F3/c1-3-18(2)4-5-19-6-8-20(9-7-19)21-10-12-22(13-11-21)23-14-16-24(17-15-23)25(26,27)28/h14-17,19-22H,2-13H2,1H3. The minimum atomic E-state index is -4.24. The predicted octanol–water partition coefficient (Wildman–Crippen LogP) is 8.53. The largest absolute Gasteiger partial charge is 0.416 e. The van der Waals surface area contributed by atoms with Gasteiger partial charge < -0.3 is 0 Å². The molecule has 3 rings (SSSR count). The molecule has 28 heavy (non-hydrogen) atoms. The molecule has 2 aliphatic carbocycles. The van der Waals surface area contributed by atoms with Gasteiger partial charge in [0.2, 0.25) is 0 Å². The minimum Gasteiger partial charge on any atom is -0.166 e. The Hall–Kier alpha value is -1.25. The van der Waals surface area contributed by atoms with Crippen LogP contribution in [0.3, 0.4) is 0 Å². The van der Waals surface area contributed by atoms with Crippen molar-refractivity contribution in [3.63, 3.8) is 0 Å². The van der Waals surface area contributed by atoms with E-state index >= 15 is 0 Å². The van der Waals surface area contributed by atoms with Crippen molar-refractivity contribution in [2.24, 2.45) is 17.8 Å². The van der Waals surface area contributed by atoms with Gasteiger partial charge in [0.05, 0.1) is 5.56 Å². The van der Waals surface area contributed by atoms with Gasteiger partial charge in [-0.1, -0.05) is 44.1 Å². The van der Waals surface area contributed by atoms with E-state index in [0.717, 1.165) is 42.6 Å². The molecule has 0 unspecified atom stereocenters. The third-order valence-corrected chi connectivity index (χ3v) is 7.45. The molecule has 2 saturated carbocycles. The fourth-order valence-corrected chi connectivity index (χ4v) is 5.40. The van der Waals surface area contributed by atoms with E-state index in [1.54, 1.807) is 12.1 Å². The smallest absolute Gasteiger partial charge is 0.166 e. The molecule has 0 N–H and O–H groups in total. The lowest BCUT2D eigenvalue weighted by Crippen LogP contribution is -2.25. The molecule has 2 aliphatic rings. The molecule has 0 radical (unpaired) electrons. The van der Waals surface area contributed by atoms with Crippen molar-refractivity contribution < 1.29 is 13.2 Å². The van der Waals surface area contributed by atoms with E-state index in [9.17, 15) is 13.2 Å². The van der Waals surface area contributed by atoms with Crippen molar-refractivity contribution in [2.75, 3.05) is 0 Å². The van der Waals surface area contributed by atoms with Crippen molar-refractivity contribution in [1.82, 2.24) is 0 Å². The van der Waals surface area contributed by atoms with Gasteiger partial charge in [0.1, 0.15) is 0 Å². The number of halogens is 3. The Bertz CT molecular complexity index is 612. The fourth-order valence-electron chi connectivity index (χ4n) is 5.40. The summed E-state index contributed by atoms with van der Waals surface area (Å²) in [6, 6.07) is 5.89. The molecule has 3 heteroatoms. The van der Waals surface area contributed by atoms with Crippen molar-refractivity contribution in [1.29, 1.82) is 0 Å². The normalized spacial score (nSPS) is 28.9. The van der Waals surface area contributed by atoms with Crippen molar-refractivity contribution in [2.45, 2.75) is 89.6 Å². The minimum absolute atomic E-state index is 0.440. The van der Waals surface area contributed by atoms with E-state index in [-0.39, 0.29) is 0 Å². The van der Waals surface area contributed by atoms with Gasteiger partial charge in [0.15, 0.2) is 0 Å². The molecule has 0 spiro atoms. The second-order valence-electron chi connectivity index (χ2n) is 9.15. The molecular formula is C25H35F3. The van der Waals surface area contributed by atoms with Gasteiger partial charge in [0.25, 0.3) is 0 Å². The van der Waals surface area contributed by atoms with Crippen LogP contribution in [0.15, 0.2) is 36.4 Å². The van der Waals surface area contributed by atoms with E-state index in [4.69, 9.17) is 0 Å². The molecule has 1 aromatic carbocycles. The summed E-state index contributed by atoms with van der Waals surface area (Å²) in [6.45, 7) is 6.33. The molecule has 2 fully saturated rings. The van der Waals surface area contributed by atoms with Crippen LogP contribution in [0.5, 0.6) is 0 Å². The van der Waals surface area contributed by atoms with Crippen LogP contribution < -0.4 is 0 Å². The topological polar surface area (TPSA) is 0 Å². The molecular weight excluding hydrogens is 357 g/mol. The highest BCUT2D eigenvalue weighted by molar-refractivity contribution is 5.27. The molecule has 0 aromatic heterocycles. The molecule has 0 bridgehead atoms. The van der Waals surface area contributed by atoms with Gasteiger partial charge in [-0.15, -0.1) is 0 Å². The van der Waals surface area contributed by atoms with Crippen LogP contribution in [-0.4, -0.2) is 0 Å². The monoisotopic (exact) mass is 392 g/mol. The quantitative estimate of drug-likeness (QED) is 0.425. The maximum Gasteiger partial charge on any atom is 0.416 e. The number of allylic oxidation sites excluding steroid dienone is 1. The zero-order chi connectivity index (χ0) is 20.1. The zero-order valence-electron chi connectivity index (χ0n) is 17.2. The molecule has 0 nitrogen and oxygen atoms in total. The molecule has 0 heterocycles. The molecule has 0 saturated heterocycles. The van der Waals surface area contributed by atoms with Crippen LogP contribution in [-0.2, 0) is 6.18 Å². The van der Waals surface area contributed by atoms with Gasteiger partial charge in [-0.2, -0.15) is 13.2 Å². The third-order valence-electron chi connectivity index (χ3n) is 7.45. The number of hydrogen-bond donors (Lipinski definition) is 0. The summed E-state index contributed by atoms with van der Waals surface area (Å²) >= 11 is 0. The highest BCUT2D eigenvalue weighted by Gasteiger charge is 2.32. The Balaban J connectivity index is 1.43. The first-order chi connectivity index (χ1) is 13.4. The SMILES string of the molecule is C=C(CC)CCC1CCC(C2CCC(c3ccc(C(F)(F)F)cc3)CC2)CC1. The van der Waals surface area contributed by atoms with E-state index in [1.165, 1.54) is 69.1 Å². The van der Waals surface area contributed by atoms with Gasteiger partial charge in [-0.05, 0) is 99.2 Å². The summed E-state index contributed by atoms with van der Waals surface area (Å²) in [4.78, 5) is 0. The number of alkyl halides is 3. The third kappa shape index (κ3) is 5.64. The Labute approximate surface area is 168 Å². The molecule has 0 aliphatic heterocycles. The van der Waals surface area contributed by atoms with E-state index in [0.29, 0.717) is 5.92 Å². The van der Waals surface area contributed by atoms with E-state index in [1.807, 2.05) is 0 Å². The fraction of sp³-hybridized carbons (Fsp3) is 0.680. The summed E-state index contributed by atoms with van der Waals surface area (Å²) in [5.41, 5.74) is 1.94. The zero-order valence-corrected chi connectivity index (χ0v) is 17.2. The molecule has 1 aromatic rings. The lowest BCUT2D eigenvalue weighted by Gasteiger charge is -2.38. The summed E-state index contributed by atoms with van der Waals surface area (Å²) < 4.78 is 38.2. The Morgan fingerprint density at radius 1 is 0.893 bits per heavy atom. The Morgan fingerprint density at radius 2 is 1.43 bits per heavy atom. The summed E-state index contributed by atoms with van der Waals surface area (Å²) in [7, 11) is 0. The molecule has 0 atom stereocenters. The number of benzene rings is 1. The number of rotatable bonds is 6. The maximum atomic E-state index is 12.7. The van der Waals surface area contributed by atoms with Crippen LogP contribution in [0.1, 0.15) is 94.6 Å². The molecule has 156 valence electrons. The first-order valence-corrected chi connectivity index (χ1v) is 11.2. The second kappa shape index (κ2) is 9.50. The van der Waals surface area contributed by atoms with Crippen LogP contribution in [0, 0.1) is 17.8 Å². The summed E-state index contributed by atoms with van der Waals surface area (Å²) in [6.07, 6.45) is 9.64. The Kier molecular flexibility index (Phi) is 7.28. The maximum absolute atomic E-state index is 12.7. The number of hydrogen-bond acceptors (Lipinski definition) is 0. The Morgan fingerprint density at radius 3 is 1.93 bits per heavy atom. The first kappa shape index (κ1) is 21.5. The molecule has 0 amide bonds. The lowest BCUT2D eigenvalue weighted by atomic mass is 9.68. The van der Waals surface area contributed by atoms with Gasteiger partial charge in [0, 0.05) is 0 Å². The van der Waals surface area contributed by atoms with Crippen LogP contribution >= 0.6 is 0 Å². The highest BCUT2D eigenvalue weighted by atomic mass is 19.4. The lowest BCUT2D eigenvalue weighted by molar-refractivity contribution is -0.137.